The van der Waals surface area contributed by atoms with E-state index < -0.39 is 12.1 Å². The number of methoxy groups -OCH3 is 3. The van der Waals surface area contributed by atoms with Gasteiger partial charge in [-0.25, -0.2) is 0 Å². The third-order valence-electron chi connectivity index (χ3n) is 12.9. The normalized spacial score (nSPS) is 15.4. The lowest BCUT2D eigenvalue weighted by Gasteiger charge is -2.29. The maximum absolute atomic E-state index is 14.5. The first-order valence-corrected chi connectivity index (χ1v) is 25.5. The summed E-state index contributed by atoms with van der Waals surface area (Å²) in [5.41, 5.74) is 10.0. The second-order valence-electron chi connectivity index (χ2n) is 17.3. The molecule has 0 saturated carbocycles. The highest BCUT2D eigenvalue weighted by Gasteiger charge is 2.38. The molecule has 0 bridgehead atoms. The molecule has 3 atom stereocenters. The third kappa shape index (κ3) is 11.6. The Kier molecular flexibility index (Phi) is 16.9. The molecule has 2 aliphatic heterocycles. The minimum Gasteiger partial charge on any atom is -0.493 e. The molecule has 11 nitrogen and oxygen atoms in total. The Bertz CT molecular complexity index is 3200. The molecule has 0 aliphatic carbocycles. The van der Waals surface area contributed by atoms with E-state index in [2.05, 4.69) is 62.2 Å². The fraction of sp³-hybridized carbons (Fsp3) is 0.217. The number of amides is 2. The van der Waals surface area contributed by atoms with E-state index in [1.165, 1.54) is 0 Å². The number of rotatable bonds is 14. The second kappa shape index (κ2) is 23.8. The number of nitriles is 1. The fourth-order valence-corrected chi connectivity index (χ4v) is 9.78. The zero-order valence-electron chi connectivity index (χ0n) is 41.5. The SMILES string of the molecule is CCN1C(=O)C(C(Cc2ccc(Br)cc2)c2ccc(Br)cc2)N=C(c2ccccc2)c2cc(OC)c(OC)cc21.CCOc1cc2c(cc1OC)C(c1ccccc1)=NC(Cc1cccc(C#N)c1)C(=O)N2C. The lowest BCUT2D eigenvalue weighted by Crippen LogP contribution is -2.41. The van der Waals surface area contributed by atoms with Crippen LogP contribution in [0, 0.1) is 11.3 Å². The van der Waals surface area contributed by atoms with Gasteiger partial charge in [0.25, 0.3) is 11.8 Å². The molecule has 73 heavy (non-hydrogen) atoms. The molecule has 0 aromatic heterocycles. The van der Waals surface area contributed by atoms with E-state index in [1.54, 1.807) is 45.4 Å². The van der Waals surface area contributed by atoms with Crippen LogP contribution in [0.15, 0.2) is 177 Å². The summed E-state index contributed by atoms with van der Waals surface area (Å²) in [6.45, 7) is 4.86. The molecular formula is C60H55Br2N5O6. The van der Waals surface area contributed by atoms with Gasteiger partial charge in [0.2, 0.25) is 0 Å². The van der Waals surface area contributed by atoms with Crippen molar-refractivity contribution in [3.05, 3.63) is 211 Å². The van der Waals surface area contributed by atoms with Crippen molar-refractivity contribution in [3.8, 4) is 29.1 Å². The first kappa shape index (κ1) is 51.8. The molecule has 0 radical (unpaired) electrons. The van der Waals surface area contributed by atoms with Gasteiger partial charge in [0.1, 0.15) is 12.1 Å². The van der Waals surface area contributed by atoms with Gasteiger partial charge >= 0.3 is 0 Å². The van der Waals surface area contributed by atoms with Crippen molar-refractivity contribution in [1.29, 1.82) is 5.26 Å². The van der Waals surface area contributed by atoms with Gasteiger partial charge in [-0.3, -0.25) is 19.6 Å². The van der Waals surface area contributed by atoms with Gasteiger partial charge in [0.05, 0.1) is 62.4 Å². The Balaban J connectivity index is 0.000000199. The van der Waals surface area contributed by atoms with Crippen molar-refractivity contribution in [3.63, 3.8) is 0 Å². The number of aliphatic imine (C=N–C) groups is 2. The van der Waals surface area contributed by atoms with Gasteiger partial charge < -0.3 is 28.7 Å². The number of nitrogens with zero attached hydrogens (tertiary/aromatic N) is 5. The van der Waals surface area contributed by atoms with E-state index in [4.69, 9.17) is 28.9 Å². The quantitative estimate of drug-likeness (QED) is 0.106. The van der Waals surface area contributed by atoms with Crippen LogP contribution in [-0.2, 0) is 22.4 Å². The number of hydrogen-bond donors (Lipinski definition) is 0. The predicted molar refractivity (Wildman–Crippen MR) is 296 cm³/mol. The number of carbonyl (C=O) groups excluding carboxylic acids is 2. The lowest BCUT2D eigenvalue weighted by molar-refractivity contribution is -0.120. The van der Waals surface area contributed by atoms with E-state index in [-0.39, 0.29) is 17.7 Å². The van der Waals surface area contributed by atoms with Crippen LogP contribution in [0.25, 0.3) is 0 Å². The highest BCUT2D eigenvalue weighted by Crippen LogP contribution is 2.42. The predicted octanol–water partition coefficient (Wildman–Crippen LogP) is 12.2. The minimum absolute atomic E-state index is 0.0491. The molecule has 0 N–H and O–H groups in total. The number of ether oxygens (including phenoxy) is 4. The summed E-state index contributed by atoms with van der Waals surface area (Å²) >= 11 is 7.11. The molecule has 2 amide bonds. The number of halogens is 2. The molecule has 7 aromatic carbocycles. The van der Waals surface area contributed by atoms with Gasteiger partial charge in [-0.2, -0.15) is 5.26 Å². The summed E-state index contributed by atoms with van der Waals surface area (Å²) in [5.74, 6) is 1.94. The summed E-state index contributed by atoms with van der Waals surface area (Å²) in [6.07, 6.45) is 1.04. The monoisotopic (exact) mass is 1100 g/mol. The second-order valence-corrected chi connectivity index (χ2v) is 19.1. The molecule has 7 aromatic rings. The maximum atomic E-state index is 14.5. The number of carbonyl (C=O) groups is 2. The summed E-state index contributed by atoms with van der Waals surface area (Å²) in [7, 11) is 6.58. The summed E-state index contributed by atoms with van der Waals surface area (Å²) < 4.78 is 24.7. The first-order chi connectivity index (χ1) is 35.5. The number of anilines is 2. The summed E-state index contributed by atoms with van der Waals surface area (Å²) in [5, 5.41) is 9.26. The molecule has 2 aliphatic rings. The molecule has 0 spiro atoms. The van der Waals surface area contributed by atoms with Crippen LogP contribution in [0.5, 0.6) is 23.0 Å². The summed E-state index contributed by atoms with van der Waals surface area (Å²) in [4.78, 5) is 41.8. The van der Waals surface area contributed by atoms with E-state index in [0.29, 0.717) is 66.0 Å². The van der Waals surface area contributed by atoms with Gasteiger partial charge in [-0.05, 0) is 85.5 Å². The van der Waals surface area contributed by atoms with Crippen LogP contribution < -0.4 is 28.7 Å². The van der Waals surface area contributed by atoms with Crippen molar-refractivity contribution in [1.82, 2.24) is 0 Å². The molecule has 370 valence electrons. The van der Waals surface area contributed by atoms with Crippen LogP contribution in [0.2, 0.25) is 0 Å². The Labute approximate surface area is 444 Å². The topological polar surface area (TPSA) is 126 Å². The van der Waals surface area contributed by atoms with Crippen molar-refractivity contribution in [2.75, 3.05) is 51.3 Å². The summed E-state index contributed by atoms with van der Waals surface area (Å²) in [6, 6.07) is 52.0. The highest BCUT2D eigenvalue weighted by molar-refractivity contribution is 9.10. The Morgan fingerprint density at radius 1 is 0.616 bits per heavy atom. The number of benzene rings is 7. The average Bonchev–Trinajstić information content (AvgIpc) is 3.60. The minimum atomic E-state index is -0.663. The van der Waals surface area contributed by atoms with E-state index in [0.717, 1.165) is 59.3 Å². The van der Waals surface area contributed by atoms with E-state index in [9.17, 15) is 14.9 Å². The number of hydrogen-bond acceptors (Lipinski definition) is 9. The number of benzodiazepines with no additional fused rings is 2. The van der Waals surface area contributed by atoms with Crippen molar-refractivity contribution in [2.24, 2.45) is 9.98 Å². The van der Waals surface area contributed by atoms with Crippen LogP contribution in [0.1, 0.15) is 64.3 Å². The van der Waals surface area contributed by atoms with Crippen LogP contribution >= 0.6 is 31.9 Å². The third-order valence-corrected chi connectivity index (χ3v) is 13.9. The molecule has 13 heteroatoms. The van der Waals surface area contributed by atoms with Gasteiger partial charge in [-0.1, -0.05) is 129 Å². The van der Waals surface area contributed by atoms with E-state index >= 15 is 0 Å². The van der Waals surface area contributed by atoms with E-state index in [1.807, 2.05) is 140 Å². The highest BCUT2D eigenvalue weighted by atomic mass is 79.9. The zero-order chi connectivity index (χ0) is 51.6. The molecule has 0 saturated heterocycles. The first-order valence-electron chi connectivity index (χ1n) is 23.9. The Morgan fingerprint density at radius 3 is 1.74 bits per heavy atom. The van der Waals surface area contributed by atoms with Crippen molar-refractivity contribution >= 4 is 66.5 Å². The lowest BCUT2D eigenvalue weighted by atomic mass is 9.85. The zero-order valence-corrected chi connectivity index (χ0v) is 44.7. The van der Waals surface area contributed by atoms with Gasteiger partial charge in [-0.15, -0.1) is 0 Å². The average molecular weight is 1100 g/mol. The standard InChI is InChI=1S/C33H30Br2N2O3.C27H25N3O3/c1-4-37-28-20-30(40-3)29(39-2)19-27(28)31(23-8-6-5-7-9-23)36-32(33(37)38)26(22-12-16-25(35)17-13-22)18-21-10-14-24(34)15-11-21;1-4-33-25-16-23-21(15-24(25)32-3)26(20-11-6-5-7-12-20)29-22(27(31)30(23)2)14-18-9-8-10-19(13-18)17-28/h5-17,19-20,26,32H,4,18H2,1-3H3;5-13,15-16,22H,4,14H2,1-3H3. The maximum Gasteiger partial charge on any atom is 0.252 e. The fourth-order valence-electron chi connectivity index (χ4n) is 9.25. The Hall–Kier alpha value is -7.53. The Morgan fingerprint density at radius 2 is 1.16 bits per heavy atom. The molecule has 3 unspecified atom stereocenters. The number of fused-ring (bicyclic) bond motifs is 2. The molecule has 9 rings (SSSR count). The molecular weight excluding hydrogens is 1050 g/mol. The van der Waals surface area contributed by atoms with Crippen LogP contribution in [-0.4, -0.2) is 76.9 Å². The number of likely N-dealkylation sites (N-methyl/N-ethyl adjacent to an activating group) is 2. The largest absolute Gasteiger partial charge is 0.493 e. The smallest absolute Gasteiger partial charge is 0.252 e. The molecule has 0 fully saturated rings. The van der Waals surface area contributed by atoms with Gasteiger partial charge in [0.15, 0.2) is 23.0 Å². The van der Waals surface area contributed by atoms with Crippen LogP contribution in [0.4, 0.5) is 11.4 Å². The van der Waals surface area contributed by atoms with Crippen molar-refractivity contribution < 1.29 is 28.5 Å². The molecule has 2 heterocycles. The van der Waals surface area contributed by atoms with Crippen LogP contribution in [0.3, 0.4) is 0 Å². The van der Waals surface area contributed by atoms with Crippen molar-refractivity contribution in [2.45, 2.75) is 44.7 Å². The van der Waals surface area contributed by atoms with Gasteiger partial charge in [0, 0.05) is 69.3 Å².